The lowest BCUT2D eigenvalue weighted by Gasteiger charge is -2.44. The van der Waals surface area contributed by atoms with Crippen molar-refractivity contribution in [3.8, 4) is 0 Å². The molecule has 0 heterocycles. The van der Waals surface area contributed by atoms with Crippen molar-refractivity contribution in [2.75, 3.05) is 6.61 Å². The Balaban J connectivity index is 1.65. The van der Waals surface area contributed by atoms with Gasteiger partial charge in [-0.1, -0.05) is 69.9 Å². The predicted octanol–water partition coefficient (Wildman–Crippen LogP) is 6.73. The average Bonchev–Trinajstić information content (AvgIpc) is 3.24. The topological polar surface area (TPSA) is 83.8 Å². The molecule has 0 aliphatic heterocycles. The Morgan fingerprint density at radius 2 is 1.82 bits per heavy atom. The fraction of sp³-hybridized carbons (Fsp3) is 0.758. The summed E-state index contributed by atoms with van der Waals surface area (Å²) in [5, 5.41) is 20.6. The van der Waals surface area contributed by atoms with Gasteiger partial charge in [-0.25, -0.2) is 0 Å². The summed E-state index contributed by atoms with van der Waals surface area (Å²) >= 11 is 0. The summed E-state index contributed by atoms with van der Waals surface area (Å²) in [4.78, 5) is 25.5. The van der Waals surface area contributed by atoms with E-state index in [2.05, 4.69) is 32.9 Å². The molecule has 2 N–H and O–H groups in total. The van der Waals surface area contributed by atoms with Crippen molar-refractivity contribution in [1.29, 1.82) is 0 Å². The third-order valence-electron chi connectivity index (χ3n) is 10.0. The van der Waals surface area contributed by atoms with Gasteiger partial charge in [0.05, 0.1) is 18.8 Å². The SMILES string of the molecule is CCCCCOC(=O)C(C)(C)C(=O)/C=C/[C@@H](C)[C@H]1CC[C@H]2/C(=C/C=C3CC(O)C(C)[C@H](O)C3)CCC[C@]12C. The maximum atomic E-state index is 13.0. The first kappa shape index (κ1) is 30.8. The molecule has 5 heteroatoms. The minimum absolute atomic E-state index is 0.0724. The number of ether oxygens (including phenoxy) is 1. The van der Waals surface area contributed by atoms with Crippen molar-refractivity contribution in [3.05, 3.63) is 35.5 Å². The summed E-state index contributed by atoms with van der Waals surface area (Å²) in [6.07, 6.45) is 17.1. The monoisotopic (exact) mass is 528 g/mol. The molecule has 0 aromatic rings. The summed E-state index contributed by atoms with van der Waals surface area (Å²) < 4.78 is 5.39. The second-order valence-electron chi connectivity index (χ2n) is 13.1. The van der Waals surface area contributed by atoms with Crippen molar-refractivity contribution >= 4 is 11.8 Å². The highest BCUT2D eigenvalue weighted by atomic mass is 16.5. The van der Waals surface area contributed by atoms with Gasteiger partial charge in [-0.2, -0.15) is 0 Å². The molecular weight excluding hydrogens is 476 g/mol. The van der Waals surface area contributed by atoms with E-state index >= 15 is 0 Å². The van der Waals surface area contributed by atoms with Crippen LogP contribution in [0.4, 0.5) is 0 Å². The molecule has 3 fully saturated rings. The van der Waals surface area contributed by atoms with E-state index in [1.165, 1.54) is 12.0 Å². The zero-order chi connectivity index (χ0) is 28.1. The molecule has 0 radical (unpaired) electrons. The summed E-state index contributed by atoms with van der Waals surface area (Å²) in [6.45, 7) is 12.4. The number of esters is 1. The van der Waals surface area contributed by atoms with Crippen LogP contribution in [0.2, 0.25) is 0 Å². The lowest BCUT2D eigenvalue weighted by Crippen LogP contribution is -2.36. The zero-order valence-electron chi connectivity index (χ0n) is 24.7. The van der Waals surface area contributed by atoms with E-state index in [0.717, 1.165) is 50.5 Å². The molecule has 5 nitrogen and oxygen atoms in total. The minimum atomic E-state index is -1.17. The fourth-order valence-corrected chi connectivity index (χ4v) is 7.13. The Hall–Kier alpha value is -1.72. The van der Waals surface area contributed by atoms with Crippen LogP contribution in [0.25, 0.3) is 0 Å². The number of allylic oxidation sites excluding steroid dienone is 5. The van der Waals surface area contributed by atoms with Gasteiger partial charge in [-0.15, -0.1) is 0 Å². The Labute approximate surface area is 230 Å². The third kappa shape index (κ3) is 6.88. The van der Waals surface area contributed by atoms with Crippen LogP contribution in [-0.2, 0) is 14.3 Å². The first-order valence-electron chi connectivity index (χ1n) is 15.1. The van der Waals surface area contributed by atoms with E-state index in [9.17, 15) is 19.8 Å². The summed E-state index contributed by atoms with van der Waals surface area (Å²) in [5.41, 5.74) is 1.65. The maximum absolute atomic E-state index is 13.0. The molecule has 3 saturated carbocycles. The first-order chi connectivity index (χ1) is 17.9. The van der Waals surface area contributed by atoms with Crippen LogP contribution in [0.15, 0.2) is 35.5 Å². The van der Waals surface area contributed by atoms with Gasteiger partial charge in [0.15, 0.2) is 5.78 Å². The van der Waals surface area contributed by atoms with E-state index in [4.69, 9.17) is 4.74 Å². The van der Waals surface area contributed by atoms with Gasteiger partial charge in [0, 0.05) is 5.92 Å². The molecule has 2 unspecified atom stereocenters. The number of ketones is 1. The van der Waals surface area contributed by atoms with Gasteiger partial charge in [0.1, 0.15) is 5.41 Å². The van der Waals surface area contributed by atoms with Crippen molar-refractivity contribution < 1.29 is 24.5 Å². The number of carbonyl (C=O) groups is 2. The second-order valence-corrected chi connectivity index (χ2v) is 13.1. The highest BCUT2D eigenvalue weighted by Gasteiger charge is 2.50. The molecule has 38 heavy (non-hydrogen) atoms. The second kappa shape index (κ2) is 13.1. The van der Waals surface area contributed by atoms with E-state index in [1.807, 2.05) is 13.0 Å². The molecule has 0 aromatic heterocycles. The molecule has 0 bridgehead atoms. The van der Waals surface area contributed by atoms with Crippen LogP contribution in [-0.4, -0.2) is 40.8 Å². The molecule has 3 rings (SSSR count). The average molecular weight is 529 g/mol. The summed E-state index contributed by atoms with van der Waals surface area (Å²) in [6, 6.07) is 0. The Morgan fingerprint density at radius 3 is 2.47 bits per heavy atom. The van der Waals surface area contributed by atoms with E-state index < -0.39 is 23.6 Å². The fourth-order valence-electron chi connectivity index (χ4n) is 7.13. The van der Waals surface area contributed by atoms with Crippen LogP contribution in [0.5, 0.6) is 0 Å². The van der Waals surface area contributed by atoms with Crippen LogP contribution < -0.4 is 0 Å². The Bertz CT molecular complexity index is 914. The molecule has 0 amide bonds. The quantitative estimate of drug-likeness (QED) is 0.142. The van der Waals surface area contributed by atoms with E-state index in [0.29, 0.717) is 31.3 Å². The van der Waals surface area contributed by atoms with Crippen LogP contribution >= 0.6 is 0 Å². The number of carbonyl (C=O) groups excluding carboxylic acids is 2. The van der Waals surface area contributed by atoms with Crippen molar-refractivity contribution in [2.24, 2.45) is 34.5 Å². The molecular formula is C33H52O5. The Kier molecular flexibility index (Phi) is 10.6. The van der Waals surface area contributed by atoms with Gasteiger partial charge in [-0.3, -0.25) is 9.59 Å². The van der Waals surface area contributed by atoms with Crippen molar-refractivity contribution in [1.82, 2.24) is 0 Å². The lowest BCUT2D eigenvalue weighted by molar-refractivity contribution is -0.157. The number of aliphatic hydroxyl groups excluding tert-OH is 2. The predicted molar refractivity (Wildman–Crippen MR) is 152 cm³/mol. The number of aliphatic hydroxyl groups is 2. The lowest BCUT2D eigenvalue weighted by atomic mass is 9.61. The number of hydrogen-bond acceptors (Lipinski definition) is 5. The van der Waals surface area contributed by atoms with Gasteiger partial charge in [-0.05, 0) is 94.5 Å². The first-order valence-corrected chi connectivity index (χ1v) is 15.1. The molecule has 0 saturated heterocycles. The van der Waals surface area contributed by atoms with Crippen LogP contribution in [0.3, 0.4) is 0 Å². The van der Waals surface area contributed by atoms with Crippen molar-refractivity contribution in [3.63, 3.8) is 0 Å². The highest BCUT2D eigenvalue weighted by molar-refractivity contribution is 6.08. The van der Waals surface area contributed by atoms with E-state index in [1.54, 1.807) is 19.9 Å². The number of fused-ring (bicyclic) bond motifs is 1. The summed E-state index contributed by atoms with van der Waals surface area (Å²) in [5.74, 6) is 0.553. The van der Waals surface area contributed by atoms with Crippen LogP contribution in [0, 0.1) is 34.5 Å². The van der Waals surface area contributed by atoms with Gasteiger partial charge in [0.2, 0.25) is 0 Å². The van der Waals surface area contributed by atoms with E-state index in [-0.39, 0.29) is 23.0 Å². The van der Waals surface area contributed by atoms with Crippen LogP contribution in [0.1, 0.15) is 106 Å². The molecule has 3 aliphatic carbocycles. The molecule has 7 atom stereocenters. The maximum Gasteiger partial charge on any atom is 0.319 e. The van der Waals surface area contributed by atoms with Gasteiger partial charge >= 0.3 is 5.97 Å². The highest BCUT2D eigenvalue weighted by Crippen LogP contribution is 2.59. The third-order valence-corrected chi connectivity index (χ3v) is 10.0. The number of rotatable bonds is 10. The standard InChI is InChI=1S/C33H52O5/c1-7-8-9-19-38-31(37)32(4,5)30(36)17-12-22(2)26-15-16-27-25(11-10-18-33(26,27)6)14-13-24-20-28(34)23(3)29(35)21-24/h12-14,17,22-23,26-29,34-35H,7-11,15-16,18-21H2,1-6H3/b17-12+,24-13?,25-14+/t22-,23?,26-,27+,28-,29?,33-/m1/s1. The number of hydrogen-bond donors (Lipinski definition) is 2. The molecule has 214 valence electrons. The Morgan fingerprint density at radius 1 is 1.13 bits per heavy atom. The molecule has 0 aromatic carbocycles. The van der Waals surface area contributed by atoms with Crippen molar-refractivity contribution in [2.45, 2.75) is 118 Å². The largest absolute Gasteiger partial charge is 0.465 e. The number of unbranched alkanes of at least 4 members (excludes halogenated alkanes) is 2. The zero-order valence-corrected chi connectivity index (χ0v) is 24.7. The van der Waals surface area contributed by atoms with Gasteiger partial charge < -0.3 is 14.9 Å². The molecule has 0 spiro atoms. The summed E-state index contributed by atoms with van der Waals surface area (Å²) in [7, 11) is 0. The smallest absolute Gasteiger partial charge is 0.319 e. The minimum Gasteiger partial charge on any atom is -0.465 e. The normalized spacial score (nSPS) is 35.0. The van der Waals surface area contributed by atoms with Gasteiger partial charge in [0.25, 0.3) is 0 Å². The molecule has 3 aliphatic rings.